The summed E-state index contributed by atoms with van der Waals surface area (Å²) >= 11 is 0. The van der Waals surface area contributed by atoms with Crippen molar-refractivity contribution in [3.63, 3.8) is 0 Å². The van der Waals surface area contributed by atoms with Crippen LogP contribution in [0.2, 0.25) is 0 Å². The zero-order valence-electron chi connectivity index (χ0n) is 11.9. The van der Waals surface area contributed by atoms with Crippen LogP contribution < -0.4 is 5.69 Å². The SMILES string of the molecule is O=c1nc2c(c(C(F)(F)F)[nH]1)CC(O)C/C2=C\c1ccccc1. The molecule has 1 unspecified atom stereocenters. The van der Waals surface area contributed by atoms with Gasteiger partial charge >= 0.3 is 11.9 Å². The molecule has 1 aromatic carbocycles. The Balaban J connectivity index is 2.21. The lowest BCUT2D eigenvalue weighted by molar-refractivity contribution is -0.142. The molecule has 120 valence electrons. The third-order valence-electron chi connectivity index (χ3n) is 3.66. The van der Waals surface area contributed by atoms with Gasteiger partial charge in [-0.05, 0) is 17.2 Å². The summed E-state index contributed by atoms with van der Waals surface area (Å²) in [7, 11) is 0. The first-order valence-corrected chi connectivity index (χ1v) is 6.99. The van der Waals surface area contributed by atoms with E-state index in [-0.39, 0.29) is 24.1 Å². The lowest BCUT2D eigenvalue weighted by atomic mass is 9.87. The van der Waals surface area contributed by atoms with E-state index in [2.05, 4.69) is 4.98 Å². The van der Waals surface area contributed by atoms with E-state index in [4.69, 9.17) is 0 Å². The first-order chi connectivity index (χ1) is 10.8. The number of aromatic nitrogens is 2. The Kier molecular flexibility index (Phi) is 3.81. The van der Waals surface area contributed by atoms with Gasteiger partial charge in [0, 0.05) is 18.4 Å². The number of alkyl halides is 3. The van der Waals surface area contributed by atoms with Crippen molar-refractivity contribution in [2.75, 3.05) is 0 Å². The number of benzene rings is 1. The second-order valence-electron chi connectivity index (χ2n) is 5.38. The minimum absolute atomic E-state index is 0.00947. The van der Waals surface area contributed by atoms with E-state index in [9.17, 15) is 23.1 Å². The molecule has 0 saturated carbocycles. The van der Waals surface area contributed by atoms with Gasteiger partial charge in [-0.1, -0.05) is 30.3 Å². The molecule has 0 spiro atoms. The van der Waals surface area contributed by atoms with Crippen molar-refractivity contribution in [1.82, 2.24) is 9.97 Å². The van der Waals surface area contributed by atoms with Crippen molar-refractivity contribution in [2.24, 2.45) is 0 Å². The van der Waals surface area contributed by atoms with Crippen molar-refractivity contribution in [3.8, 4) is 0 Å². The zero-order valence-corrected chi connectivity index (χ0v) is 11.9. The van der Waals surface area contributed by atoms with Gasteiger partial charge in [-0.25, -0.2) is 4.79 Å². The number of aliphatic hydroxyl groups is 1. The van der Waals surface area contributed by atoms with Crippen LogP contribution in [0.4, 0.5) is 13.2 Å². The molecule has 4 nitrogen and oxygen atoms in total. The van der Waals surface area contributed by atoms with Crippen LogP contribution in [0, 0.1) is 0 Å². The van der Waals surface area contributed by atoms with E-state index in [1.807, 2.05) is 6.07 Å². The van der Waals surface area contributed by atoms with Gasteiger partial charge in [0.05, 0.1) is 11.8 Å². The number of hydrogen-bond donors (Lipinski definition) is 2. The standard InChI is InChI=1S/C16H13F3N2O2/c17-16(18,19)14-12-8-11(22)7-10(13(12)20-15(23)21-14)6-9-4-2-1-3-5-9/h1-6,11,22H,7-8H2,(H,20,21,23)/b10-6+. The Morgan fingerprint density at radius 3 is 2.57 bits per heavy atom. The number of nitrogens with zero attached hydrogens (tertiary/aromatic N) is 1. The highest BCUT2D eigenvalue weighted by atomic mass is 19.4. The van der Waals surface area contributed by atoms with Crippen molar-refractivity contribution in [2.45, 2.75) is 25.1 Å². The summed E-state index contributed by atoms with van der Waals surface area (Å²) in [5, 5.41) is 9.94. The number of halogens is 3. The predicted molar refractivity (Wildman–Crippen MR) is 78.5 cm³/mol. The number of rotatable bonds is 1. The number of hydrogen-bond acceptors (Lipinski definition) is 3. The number of fused-ring (bicyclic) bond motifs is 1. The molecule has 0 bridgehead atoms. The van der Waals surface area contributed by atoms with Gasteiger partial charge < -0.3 is 10.1 Å². The van der Waals surface area contributed by atoms with E-state index in [0.29, 0.717) is 5.57 Å². The summed E-state index contributed by atoms with van der Waals surface area (Å²) in [4.78, 5) is 17.0. The van der Waals surface area contributed by atoms with Gasteiger partial charge in [-0.2, -0.15) is 18.2 Å². The van der Waals surface area contributed by atoms with Crippen LogP contribution in [0.1, 0.15) is 28.9 Å². The average Bonchev–Trinajstić information content (AvgIpc) is 2.47. The second-order valence-corrected chi connectivity index (χ2v) is 5.38. The first kappa shape index (κ1) is 15.5. The smallest absolute Gasteiger partial charge is 0.392 e. The van der Waals surface area contributed by atoms with Crippen LogP contribution in [-0.2, 0) is 12.6 Å². The highest BCUT2D eigenvalue weighted by molar-refractivity contribution is 5.82. The van der Waals surface area contributed by atoms with Crippen LogP contribution in [0.5, 0.6) is 0 Å². The fourth-order valence-electron chi connectivity index (χ4n) is 2.74. The minimum atomic E-state index is -4.71. The molecule has 1 aromatic heterocycles. The lowest BCUT2D eigenvalue weighted by Crippen LogP contribution is -2.29. The van der Waals surface area contributed by atoms with Gasteiger partial charge in [0.25, 0.3) is 0 Å². The number of aromatic amines is 1. The molecule has 0 aliphatic heterocycles. The Bertz CT molecular complexity index is 810. The van der Waals surface area contributed by atoms with Gasteiger partial charge in [-0.15, -0.1) is 0 Å². The van der Waals surface area contributed by atoms with Crippen molar-refractivity contribution < 1.29 is 18.3 Å². The van der Waals surface area contributed by atoms with E-state index in [1.165, 1.54) is 0 Å². The number of H-pyrrole nitrogens is 1. The molecule has 3 rings (SSSR count). The van der Waals surface area contributed by atoms with Gasteiger partial charge in [0.2, 0.25) is 0 Å². The van der Waals surface area contributed by atoms with Crippen LogP contribution in [0.15, 0.2) is 35.1 Å². The summed E-state index contributed by atoms with van der Waals surface area (Å²) in [5.41, 5.74) is -1.16. The van der Waals surface area contributed by atoms with E-state index >= 15 is 0 Å². The summed E-state index contributed by atoms with van der Waals surface area (Å²) in [6.07, 6.45) is -4.06. The largest absolute Gasteiger partial charge is 0.431 e. The maximum absolute atomic E-state index is 13.1. The monoisotopic (exact) mass is 322 g/mol. The van der Waals surface area contributed by atoms with Crippen LogP contribution >= 0.6 is 0 Å². The maximum Gasteiger partial charge on any atom is 0.431 e. The Morgan fingerprint density at radius 1 is 1.22 bits per heavy atom. The van der Waals surface area contributed by atoms with E-state index in [0.717, 1.165) is 5.56 Å². The fraction of sp³-hybridized carbons (Fsp3) is 0.250. The third kappa shape index (κ3) is 3.19. The lowest BCUT2D eigenvalue weighted by Gasteiger charge is -2.25. The summed E-state index contributed by atoms with van der Waals surface area (Å²) < 4.78 is 39.4. The topological polar surface area (TPSA) is 66.0 Å². The molecule has 0 amide bonds. The molecule has 2 N–H and O–H groups in total. The van der Waals surface area contributed by atoms with E-state index in [1.54, 1.807) is 35.3 Å². The Morgan fingerprint density at radius 2 is 1.91 bits per heavy atom. The normalized spacial score (nSPS) is 19.7. The van der Waals surface area contributed by atoms with Crippen LogP contribution in [-0.4, -0.2) is 21.2 Å². The van der Waals surface area contributed by atoms with Crippen molar-refractivity contribution in [1.29, 1.82) is 0 Å². The highest BCUT2D eigenvalue weighted by Crippen LogP contribution is 2.37. The number of aliphatic hydroxyl groups excluding tert-OH is 1. The zero-order chi connectivity index (χ0) is 16.6. The van der Waals surface area contributed by atoms with Gasteiger partial charge in [0.15, 0.2) is 0 Å². The molecule has 0 fully saturated rings. The molecule has 1 aliphatic rings. The number of nitrogens with one attached hydrogen (secondary N) is 1. The molecule has 0 radical (unpaired) electrons. The van der Waals surface area contributed by atoms with Crippen LogP contribution in [0.25, 0.3) is 11.6 Å². The highest BCUT2D eigenvalue weighted by Gasteiger charge is 2.38. The average molecular weight is 322 g/mol. The molecular weight excluding hydrogens is 309 g/mol. The van der Waals surface area contributed by atoms with Gasteiger partial charge in [0.1, 0.15) is 5.69 Å². The third-order valence-corrected chi connectivity index (χ3v) is 3.66. The first-order valence-electron chi connectivity index (χ1n) is 6.99. The molecule has 1 aliphatic carbocycles. The molecule has 1 atom stereocenters. The molecular formula is C16H13F3N2O2. The van der Waals surface area contributed by atoms with Gasteiger partial charge in [-0.3, -0.25) is 0 Å². The maximum atomic E-state index is 13.1. The second kappa shape index (κ2) is 5.66. The quantitative estimate of drug-likeness (QED) is 0.848. The molecule has 1 heterocycles. The molecule has 23 heavy (non-hydrogen) atoms. The summed E-state index contributed by atoms with van der Waals surface area (Å²) in [6, 6.07) is 8.96. The summed E-state index contributed by atoms with van der Waals surface area (Å²) in [6.45, 7) is 0. The van der Waals surface area contributed by atoms with Crippen LogP contribution in [0.3, 0.4) is 0 Å². The molecule has 7 heteroatoms. The van der Waals surface area contributed by atoms with Crippen molar-refractivity contribution in [3.05, 3.63) is 63.3 Å². The Labute approximate surface area is 129 Å². The molecule has 0 saturated heterocycles. The predicted octanol–water partition coefficient (Wildman–Crippen LogP) is 2.64. The fourth-order valence-corrected chi connectivity index (χ4v) is 2.74. The minimum Gasteiger partial charge on any atom is -0.392 e. The van der Waals surface area contributed by atoms with Crippen molar-refractivity contribution >= 4 is 11.6 Å². The van der Waals surface area contributed by atoms with E-state index < -0.39 is 23.7 Å². The molecule has 2 aromatic rings. The summed E-state index contributed by atoms with van der Waals surface area (Å²) in [5.74, 6) is 0. The Hall–Kier alpha value is -2.41.